The van der Waals surface area contributed by atoms with Crippen molar-refractivity contribution < 1.29 is 34.4 Å². The lowest BCUT2D eigenvalue weighted by molar-refractivity contribution is -0.147. The summed E-state index contributed by atoms with van der Waals surface area (Å²) in [5, 5.41) is 25.9. The lowest BCUT2D eigenvalue weighted by Gasteiger charge is -2.28. The number of rotatable bonds is 9. The lowest BCUT2D eigenvalue weighted by atomic mass is 10.2. The highest BCUT2D eigenvalue weighted by Gasteiger charge is 2.49. The number of aliphatic carboxylic acids is 3. The largest absolute Gasteiger partial charge is 0.480 e. The fraction of sp³-hybridized carbons (Fsp3) is 0.700. The van der Waals surface area contributed by atoms with Gasteiger partial charge in [0.1, 0.15) is 6.61 Å². The summed E-state index contributed by atoms with van der Waals surface area (Å²) in [6, 6.07) is 0. The third kappa shape index (κ3) is 4.30. The first-order valence-corrected chi connectivity index (χ1v) is 5.34. The standard InChI is InChI=1S/C10H15NO7/c12-7(13)3-11(4-8(14)15)10(1-2-10)6-18-5-9(16)17/h1-6H2,(H,12,13)(H,14,15)(H,16,17). The van der Waals surface area contributed by atoms with Crippen LogP contribution in [0.15, 0.2) is 0 Å². The molecular formula is C10H15NO7. The second-order valence-corrected chi connectivity index (χ2v) is 4.25. The maximum absolute atomic E-state index is 10.7. The van der Waals surface area contributed by atoms with Crippen LogP contribution >= 0.6 is 0 Å². The molecule has 8 nitrogen and oxygen atoms in total. The van der Waals surface area contributed by atoms with E-state index < -0.39 is 43.1 Å². The Kier molecular flexibility index (Phi) is 4.62. The molecule has 0 radical (unpaired) electrons. The molecule has 0 bridgehead atoms. The summed E-state index contributed by atoms with van der Waals surface area (Å²) in [5.74, 6) is -3.37. The first kappa shape index (κ1) is 14.4. The number of carboxylic acids is 3. The van der Waals surface area contributed by atoms with Crippen LogP contribution in [0.1, 0.15) is 12.8 Å². The van der Waals surface area contributed by atoms with Crippen LogP contribution in [-0.2, 0) is 19.1 Å². The SMILES string of the molecule is O=C(O)COCC1(N(CC(=O)O)CC(=O)O)CC1. The molecule has 0 atom stereocenters. The maximum atomic E-state index is 10.7. The zero-order chi connectivity index (χ0) is 13.8. The Hall–Kier alpha value is -1.67. The smallest absolute Gasteiger partial charge is 0.329 e. The highest BCUT2D eigenvalue weighted by molar-refractivity contribution is 5.73. The van der Waals surface area contributed by atoms with E-state index >= 15 is 0 Å². The van der Waals surface area contributed by atoms with Gasteiger partial charge in [0, 0.05) is 5.54 Å². The predicted octanol–water partition coefficient (Wildman–Crippen LogP) is -0.909. The predicted molar refractivity (Wildman–Crippen MR) is 57.3 cm³/mol. The Balaban J connectivity index is 2.56. The molecule has 0 saturated heterocycles. The minimum absolute atomic E-state index is 0.0276. The fourth-order valence-corrected chi connectivity index (χ4v) is 1.74. The van der Waals surface area contributed by atoms with Gasteiger partial charge in [0.05, 0.1) is 19.7 Å². The zero-order valence-electron chi connectivity index (χ0n) is 9.66. The van der Waals surface area contributed by atoms with Crippen LogP contribution in [0.5, 0.6) is 0 Å². The topological polar surface area (TPSA) is 124 Å². The van der Waals surface area contributed by atoms with E-state index in [1.54, 1.807) is 0 Å². The molecule has 0 amide bonds. The lowest BCUT2D eigenvalue weighted by Crippen LogP contribution is -2.46. The minimum atomic E-state index is -1.12. The van der Waals surface area contributed by atoms with E-state index in [1.807, 2.05) is 0 Å². The number of nitrogens with zero attached hydrogens (tertiary/aromatic N) is 1. The molecule has 0 spiro atoms. The number of hydrogen-bond donors (Lipinski definition) is 3. The summed E-state index contributed by atoms with van der Waals surface area (Å²) >= 11 is 0. The summed E-state index contributed by atoms with van der Waals surface area (Å²) in [5.41, 5.74) is -0.647. The van der Waals surface area contributed by atoms with Crippen LogP contribution in [-0.4, -0.2) is 70.0 Å². The third-order valence-corrected chi connectivity index (χ3v) is 2.75. The third-order valence-electron chi connectivity index (χ3n) is 2.75. The van der Waals surface area contributed by atoms with Crippen LogP contribution in [0.2, 0.25) is 0 Å². The van der Waals surface area contributed by atoms with Crippen molar-refractivity contribution >= 4 is 17.9 Å². The van der Waals surface area contributed by atoms with E-state index in [-0.39, 0.29) is 6.61 Å². The van der Waals surface area contributed by atoms with E-state index in [0.29, 0.717) is 12.8 Å². The molecule has 1 rings (SSSR count). The molecule has 0 aromatic heterocycles. The summed E-state index contributed by atoms with van der Waals surface area (Å²) in [7, 11) is 0. The fourth-order valence-electron chi connectivity index (χ4n) is 1.74. The summed E-state index contributed by atoms with van der Waals surface area (Å²) in [6.07, 6.45) is 1.21. The van der Waals surface area contributed by atoms with Crippen LogP contribution in [0.25, 0.3) is 0 Å². The molecule has 1 aliphatic carbocycles. The first-order valence-electron chi connectivity index (χ1n) is 5.34. The van der Waals surface area contributed by atoms with Crippen molar-refractivity contribution in [1.29, 1.82) is 0 Å². The summed E-state index contributed by atoms with van der Waals surface area (Å²) in [4.78, 5) is 33.0. The van der Waals surface area contributed by atoms with Gasteiger partial charge < -0.3 is 20.1 Å². The van der Waals surface area contributed by atoms with E-state index in [4.69, 9.17) is 20.1 Å². The Labute approximate surface area is 103 Å². The second-order valence-electron chi connectivity index (χ2n) is 4.25. The van der Waals surface area contributed by atoms with Gasteiger partial charge in [-0.1, -0.05) is 0 Å². The van der Waals surface area contributed by atoms with Crippen molar-refractivity contribution in [2.45, 2.75) is 18.4 Å². The van der Waals surface area contributed by atoms with Gasteiger partial charge in [-0.05, 0) is 12.8 Å². The highest BCUT2D eigenvalue weighted by atomic mass is 16.5. The van der Waals surface area contributed by atoms with Crippen molar-refractivity contribution in [3.05, 3.63) is 0 Å². The Bertz CT molecular complexity index is 334. The number of hydrogen-bond acceptors (Lipinski definition) is 5. The molecule has 8 heteroatoms. The summed E-state index contributed by atoms with van der Waals surface area (Å²) < 4.78 is 4.94. The van der Waals surface area contributed by atoms with Crippen LogP contribution in [0.4, 0.5) is 0 Å². The molecule has 1 fully saturated rings. The molecular weight excluding hydrogens is 246 g/mol. The molecule has 0 unspecified atom stereocenters. The van der Waals surface area contributed by atoms with Crippen LogP contribution < -0.4 is 0 Å². The van der Waals surface area contributed by atoms with Crippen LogP contribution in [0, 0.1) is 0 Å². The summed E-state index contributed by atoms with van der Waals surface area (Å²) in [6.45, 7) is -1.25. The van der Waals surface area contributed by atoms with E-state index in [2.05, 4.69) is 0 Å². The van der Waals surface area contributed by atoms with Crippen molar-refractivity contribution in [2.24, 2.45) is 0 Å². The van der Waals surface area contributed by atoms with Gasteiger partial charge in [0.25, 0.3) is 0 Å². The zero-order valence-corrected chi connectivity index (χ0v) is 9.66. The van der Waals surface area contributed by atoms with Gasteiger partial charge in [0.2, 0.25) is 0 Å². The first-order chi connectivity index (χ1) is 8.35. The van der Waals surface area contributed by atoms with Crippen molar-refractivity contribution in [3.8, 4) is 0 Å². The maximum Gasteiger partial charge on any atom is 0.329 e. The van der Waals surface area contributed by atoms with E-state index in [0.717, 1.165) is 0 Å². The Morgan fingerprint density at radius 1 is 1.00 bits per heavy atom. The van der Waals surface area contributed by atoms with Gasteiger partial charge in [-0.2, -0.15) is 0 Å². The molecule has 1 saturated carbocycles. The van der Waals surface area contributed by atoms with Crippen molar-refractivity contribution in [2.75, 3.05) is 26.3 Å². The average molecular weight is 261 g/mol. The van der Waals surface area contributed by atoms with Gasteiger partial charge in [0.15, 0.2) is 0 Å². The normalized spacial score (nSPS) is 16.5. The number of ether oxygens (including phenoxy) is 1. The molecule has 18 heavy (non-hydrogen) atoms. The molecule has 1 aliphatic rings. The second kappa shape index (κ2) is 5.78. The van der Waals surface area contributed by atoms with E-state index in [1.165, 1.54) is 4.90 Å². The molecule has 0 heterocycles. The Morgan fingerprint density at radius 3 is 1.83 bits per heavy atom. The molecule has 0 aromatic carbocycles. The van der Waals surface area contributed by atoms with Gasteiger partial charge in [-0.15, -0.1) is 0 Å². The van der Waals surface area contributed by atoms with Crippen molar-refractivity contribution in [1.82, 2.24) is 4.90 Å². The van der Waals surface area contributed by atoms with Gasteiger partial charge in [-0.3, -0.25) is 14.5 Å². The Morgan fingerprint density at radius 2 is 1.50 bits per heavy atom. The number of carbonyl (C=O) groups is 3. The van der Waals surface area contributed by atoms with Crippen molar-refractivity contribution in [3.63, 3.8) is 0 Å². The van der Waals surface area contributed by atoms with Crippen LogP contribution in [0.3, 0.4) is 0 Å². The van der Waals surface area contributed by atoms with Gasteiger partial charge >= 0.3 is 17.9 Å². The average Bonchev–Trinajstić information content (AvgIpc) is 2.96. The van der Waals surface area contributed by atoms with E-state index in [9.17, 15) is 14.4 Å². The molecule has 102 valence electrons. The monoisotopic (exact) mass is 261 g/mol. The van der Waals surface area contributed by atoms with Gasteiger partial charge in [-0.25, -0.2) is 4.79 Å². The molecule has 0 aliphatic heterocycles. The number of carboxylic acid groups (broad SMARTS) is 3. The molecule has 0 aromatic rings. The highest BCUT2D eigenvalue weighted by Crippen LogP contribution is 2.41. The quantitative estimate of drug-likeness (QED) is 0.487. The minimum Gasteiger partial charge on any atom is -0.480 e. The molecule has 3 N–H and O–H groups in total.